The maximum atomic E-state index is 13.0. The molecule has 2 fully saturated rings. The maximum Gasteiger partial charge on any atom is 0.416 e. The summed E-state index contributed by atoms with van der Waals surface area (Å²) >= 11 is 0. The number of halogens is 3. The minimum Gasteiger partial charge on any atom is -0.508 e. The van der Waals surface area contributed by atoms with Crippen molar-refractivity contribution in [2.45, 2.75) is 48.9 Å². The number of nitrogens with zero attached hydrogens (tertiary/aromatic N) is 1. The van der Waals surface area contributed by atoms with Crippen LogP contribution in [0.1, 0.15) is 42.4 Å². The number of likely N-dealkylation sites (tertiary alicyclic amines) is 1. The van der Waals surface area contributed by atoms with E-state index in [2.05, 4.69) is 17.3 Å². The van der Waals surface area contributed by atoms with E-state index in [1.54, 1.807) is 19.2 Å². The Hall–Kier alpha value is -2.84. The lowest BCUT2D eigenvalue weighted by atomic mass is 9.55. The lowest BCUT2D eigenvalue weighted by Crippen LogP contribution is -2.67. The topological polar surface area (TPSA) is 61.8 Å². The number of piperidine rings is 1. The zero-order valence-electron chi connectivity index (χ0n) is 19.9. The number of nitrogens with one attached hydrogen (secondary N) is 1. The zero-order valence-corrected chi connectivity index (χ0v) is 19.9. The van der Waals surface area contributed by atoms with Crippen LogP contribution in [0.2, 0.25) is 0 Å². The van der Waals surface area contributed by atoms with Gasteiger partial charge in [-0.25, -0.2) is 0 Å². The van der Waals surface area contributed by atoms with Gasteiger partial charge in [0.1, 0.15) is 5.75 Å². The van der Waals surface area contributed by atoms with Gasteiger partial charge in [0, 0.05) is 31.2 Å². The molecule has 8 heteroatoms. The first-order valence-corrected chi connectivity index (χ1v) is 11.8. The predicted octanol–water partition coefficient (Wildman–Crippen LogP) is 4.75. The van der Waals surface area contributed by atoms with Crippen molar-refractivity contribution in [2.24, 2.45) is 0 Å². The van der Waals surface area contributed by atoms with Crippen molar-refractivity contribution in [3.63, 3.8) is 0 Å². The van der Waals surface area contributed by atoms with E-state index in [1.807, 2.05) is 12.1 Å². The number of benzene rings is 2. The summed E-state index contributed by atoms with van der Waals surface area (Å²) in [6.45, 7) is 1.60. The molecule has 1 saturated carbocycles. The van der Waals surface area contributed by atoms with Crippen molar-refractivity contribution < 1.29 is 27.8 Å². The lowest BCUT2D eigenvalue weighted by Gasteiger charge is -2.59. The number of ether oxygens (including phenoxy) is 1. The highest BCUT2D eigenvalue weighted by molar-refractivity contribution is 5.92. The number of hydrogen-bond donors (Lipinski definition) is 2. The molecule has 2 aliphatic rings. The summed E-state index contributed by atoms with van der Waals surface area (Å²) in [5.41, 5.74) is -0.301. The van der Waals surface area contributed by atoms with Gasteiger partial charge in [0.05, 0.1) is 11.2 Å². The second kappa shape index (κ2) is 9.66. The number of hydrogen-bond acceptors (Lipinski definition) is 4. The molecule has 0 radical (unpaired) electrons. The number of fused-ring (bicyclic) bond motifs is 1. The molecule has 3 atom stereocenters. The third kappa shape index (κ3) is 5.09. The van der Waals surface area contributed by atoms with Crippen LogP contribution in [0.4, 0.5) is 13.2 Å². The summed E-state index contributed by atoms with van der Waals surface area (Å²) in [7, 11) is 3.80. The summed E-state index contributed by atoms with van der Waals surface area (Å²) in [5, 5.41) is 13.2. The van der Waals surface area contributed by atoms with Crippen molar-refractivity contribution in [1.29, 1.82) is 0 Å². The van der Waals surface area contributed by atoms with Crippen LogP contribution in [0, 0.1) is 0 Å². The first kappa shape index (κ1) is 25.3. The Morgan fingerprint density at radius 2 is 1.97 bits per heavy atom. The monoisotopic (exact) mass is 488 g/mol. The highest BCUT2D eigenvalue weighted by atomic mass is 19.4. The van der Waals surface area contributed by atoms with E-state index >= 15 is 0 Å². The summed E-state index contributed by atoms with van der Waals surface area (Å²) in [6, 6.07) is 12.0. The van der Waals surface area contributed by atoms with Gasteiger partial charge in [0.2, 0.25) is 5.91 Å². The molecule has 0 spiro atoms. The van der Waals surface area contributed by atoms with E-state index in [0.717, 1.165) is 43.6 Å². The number of likely N-dealkylation sites (N-methyl/N-ethyl adjacent to an activating group) is 1. The van der Waals surface area contributed by atoms with Crippen molar-refractivity contribution in [2.75, 3.05) is 27.2 Å². The van der Waals surface area contributed by atoms with Crippen molar-refractivity contribution in [1.82, 2.24) is 10.2 Å². The first-order valence-electron chi connectivity index (χ1n) is 11.8. The number of alkyl halides is 3. The van der Waals surface area contributed by atoms with E-state index in [9.17, 15) is 23.1 Å². The predicted molar refractivity (Wildman–Crippen MR) is 128 cm³/mol. The molecule has 3 unspecified atom stereocenters. The molecule has 1 heterocycles. The van der Waals surface area contributed by atoms with Gasteiger partial charge in [-0.05, 0) is 80.7 Å². The van der Waals surface area contributed by atoms with E-state index in [1.165, 1.54) is 24.3 Å². The SMILES string of the molecule is COC12CCC(NC(=O)/C=C/c3cccc(C(F)(F)F)c3)CC1(c1cccc(O)c1)CCN(C)C2. The van der Waals surface area contributed by atoms with Crippen LogP contribution in [0.5, 0.6) is 5.75 Å². The molecule has 2 aromatic carbocycles. The second-order valence-corrected chi connectivity index (χ2v) is 9.72. The molecule has 2 N–H and O–H groups in total. The molecule has 5 nitrogen and oxygen atoms in total. The Kier molecular flexibility index (Phi) is 6.97. The maximum absolute atomic E-state index is 13.0. The number of amides is 1. The Morgan fingerprint density at radius 1 is 1.20 bits per heavy atom. The van der Waals surface area contributed by atoms with Gasteiger partial charge in [-0.1, -0.05) is 24.3 Å². The highest BCUT2D eigenvalue weighted by Crippen LogP contribution is 2.53. The number of carbonyl (C=O) groups excluding carboxylic acids is 1. The summed E-state index contributed by atoms with van der Waals surface area (Å²) in [5.74, 6) is -0.160. The normalized spacial score (nSPS) is 27.5. The first-order chi connectivity index (χ1) is 16.6. The van der Waals surface area contributed by atoms with E-state index < -0.39 is 22.8 Å². The fraction of sp³-hybridized carbons (Fsp3) is 0.444. The van der Waals surface area contributed by atoms with Gasteiger partial charge in [-0.2, -0.15) is 13.2 Å². The Bertz CT molecular complexity index is 1100. The molecule has 1 aliphatic carbocycles. The van der Waals surface area contributed by atoms with Crippen molar-refractivity contribution >= 4 is 12.0 Å². The van der Waals surface area contributed by atoms with Crippen LogP contribution in [-0.4, -0.2) is 54.8 Å². The number of phenolic OH excluding ortho intramolecular Hbond substituents is 1. The average molecular weight is 489 g/mol. The third-order valence-electron chi connectivity index (χ3n) is 7.59. The minimum absolute atomic E-state index is 0.136. The number of methoxy groups -OCH3 is 1. The minimum atomic E-state index is -4.43. The Labute approximate surface area is 203 Å². The molecular weight excluding hydrogens is 457 g/mol. The molecular formula is C27H31F3N2O3. The Balaban J connectivity index is 1.54. The molecule has 188 valence electrons. The van der Waals surface area contributed by atoms with Crippen LogP contribution in [0.15, 0.2) is 54.6 Å². The zero-order chi connectivity index (χ0) is 25.3. The molecule has 4 rings (SSSR count). The van der Waals surface area contributed by atoms with Gasteiger partial charge in [0.15, 0.2) is 0 Å². The van der Waals surface area contributed by atoms with Gasteiger partial charge < -0.3 is 20.1 Å². The number of carbonyl (C=O) groups is 1. The molecule has 0 bridgehead atoms. The van der Waals surface area contributed by atoms with E-state index in [4.69, 9.17) is 4.74 Å². The molecule has 1 amide bonds. The standard InChI is InChI=1S/C27H31F3N2O3/c1-32-14-13-25(20-6-4-8-23(33)16-20)17-22(11-12-26(25,18-32)35-2)31-24(34)10-9-19-5-3-7-21(15-19)27(28,29)30/h3-10,15-16,22,33H,11-14,17-18H2,1-2H3,(H,31,34)/b10-9+. The van der Waals surface area contributed by atoms with Crippen molar-refractivity contribution in [3.8, 4) is 5.75 Å². The number of aromatic hydroxyl groups is 1. The van der Waals surface area contributed by atoms with Crippen molar-refractivity contribution in [3.05, 3.63) is 71.3 Å². The highest BCUT2D eigenvalue weighted by Gasteiger charge is 2.58. The second-order valence-electron chi connectivity index (χ2n) is 9.72. The van der Waals surface area contributed by atoms with Crippen LogP contribution >= 0.6 is 0 Å². The molecule has 35 heavy (non-hydrogen) atoms. The smallest absolute Gasteiger partial charge is 0.416 e. The van der Waals surface area contributed by atoms with Crippen LogP contribution in [-0.2, 0) is 21.1 Å². The van der Waals surface area contributed by atoms with E-state index in [-0.39, 0.29) is 17.7 Å². The number of phenols is 1. The van der Waals surface area contributed by atoms with Crippen LogP contribution < -0.4 is 5.32 Å². The summed E-state index contributed by atoms with van der Waals surface area (Å²) in [6.07, 6.45) is 1.14. The van der Waals surface area contributed by atoms with Gasteiger partial charge >= 0.3 is 6.18 Å². The van der Waals surface area contributed by atoms with Gasteiger partial charge in [0.25, 0.3) is 0 Å². The summed E-state index contributed by atoms with van der Waals surface area (Å²) in [4.78, 5) is 15.0. The molecule has 1 saturated heterocycles. The Morgan fingerprint density at radius 3 is 2.69 bits per heavy atom. The lowest BCUT2D eigenvalue weighted by molar-refractivity contribution is -0.146. The molecule has 0 aromatic heterocycles. The van der Waals surface area contributed by atoms with Gasteiger partial charge in [-0.15, -0.1) is 0 Å². The molecule has 2 aromatic rings. The molecule has 1 aliphatic heterocycles. The van der Waals surface area contributed by atoms with Gasteiger partial charge in [-0.3, -0.25) is 4.79 Å². The fourth-order valence-corrected chi connectivity index (χ4v) is 5.87. The third-order valence-corrected chi connectivity index (χ3v) is 7.59. The quantitative estimate of drug-likeness (QED) is 0.597. The number of rotatable bonds is 5. The van der Waals surface area contributed by atoms with Crippen LogP contribution in [0.25, 0.3) is 6.08 Å². The van der Waals surface area contributed by atoms with E-state index in [0.29, 0.717) is 18.4 Å². The fourth-order valence-electron chi connectivity index (χ4n) is 5.87. The average Bonchev–Trinajstić information content (AvgIpc) is 2.82. The largest absolute Gasteiger partial charge is 0.508 e. The van der Waals surface area contributed by atoms with Crippen LogP contribution in [0.3, 0.4) is 0 Å². The summed E-state index contributed by atoms with van der Waals surface area (Å²) < 4.78 is 45.1.